The highest BCUT2D eigenvalue weighted by Gasteiger charge is 2.35. The van der Waals surface area contributed by atoms with Gasteiger partial charge in [-0.15, -0.1) is 0 Å². The van der Waals surface area contributed by atoms with E-state index in [-0.39, 0.29) is 35.3 Å². The monoisotopic (exact) mass is 572 g/mol. The van der Waals surface area contributed by atoms with Crippen LogP contribution >= 0.6 is 27.3 Å². The lowest BCUT2D eigenvalue weighted by Crippen LogP contribution is -2.40. The maximum absolute atomic E-state index is 13.8. The van der Waals surface area contributed by atoms with E-state index in [9.17, 15) is 19.8 Å². The molecule has 0 spiro atoms. The normalized spacial score (nSPS) is 15.6. The highest BCUT2D eigenvalue weighted by Crippen LogP contribution is 2.36. The zero-order valence-electron chi connectivity index (χ0n) is 20.1. The molecule has 0 aliphatic carbocycles. The number of aromatic hydroxyl groups is 2. The molecule has 1 aliphatic rings. The van der Waals surface area contributed by atoms with Gasteiger partial charge in [0.2, 0.25) is 0 Å². The van der Waals surface area contributed by atoms with Gasteiger partial charge >= 0.3 is 5.97 Å². The molecule has 4 rings (SSSR count). The van der Waals surface area contributed by atoms with Crippen molar-refractivity contribution in [1.82, 2.24) is 4.57 Å². The van der Waals surface area contributed by atoms with Crippen LogP contribution in [0.25, 0.3) is 6.08 Å². The molecule has 8 nitrogen and oxygen atoms in total. The van der Waals surface area contributed by atoms with Crippen LogP contribution in [0.3, 0.4) is 0 Å². The Bertz CT molecular complexity index is 1550. The van der Waals surface area contributed by atoms with Gasteiger partial charge in [-0.25, -0.2) is 9.79 Å². The van der Waals surface area contributed by atoms with Gasteiger partial charge in [0.15, 0.2) is 4.80 Å². The Kier molecular flexibility index (Phi) is 7.37. The summed E-state index contributed by atoms with van der Waals surface area (Å²) in [6.45, 7) is 7.41. The molecule has 0 unspecified atom stereocenters. The Morgan fingerprint density at radius 2 is 1.97 bits per heavy atom. The molecule has 2 heterocycles. The van der Waals surface area contributed by atoms with Crippen LogP contribution in [0, 0.1) is 0 Å². The Morgan fingerprint density at radius 3 is 2.67 bits per heavy atom. The van der Waals surface area contributed by atoms with E-state index in [2.05, 4.69) is 20.9 Å². The number of fused-ring (bicyclic) bond motifs is 1. The van der Waals surface area contributed by atoms with Crippen LogP contribution in [0.4, 0.5) is 0 Å². The van der Waals surface area contributed by atoms with Gasteiger partial charge in [-0.3, -0.25) is 9.36 Å². The fraction of sp³-hybridized carbons (Fsp3) is 0.269. The minimum absolute atomic E-state index is 0.123. The zero-order chi connectivity index (χ0) is 26.1. The summed E-state index contributed by atoms with van der Waals surface area (Å²) >= 11 is 4.37. The molecule has 2 aromatic carbocycles. The van der Waals surface area contributed by atoms with Crippen molar-refractivity contribution in [2.75, 3.05) is 6.61 Å². The number of rotatable bonds is 6. The van der Waals surface area contributed by atoms with E-state index in [1.54, 1.807) is 19.9 Å². The number of carbonyl (C=O) groups excluding carboxylic acids is 1. The molecule has 2 N–H and O–H groups in total. The number of hydrogen-bond donors (Lipinski definition) is 2. The predicted octanol–water partition coefficient (Wildman–Crippen LogP) is 3.76. The number of thiazole rings is 1. The molecule has 3 aromatic rings. The van der Waals surface area contributed by atoms with Crippen molar-refractivity contribution in [2.45, 2.75) is 39.8 Å². The highest BCUT2D eigenvalue weighted by atomic mass is 79.9. The molecule has 36 heavy (non-hydrogen) atoms. The van der Waals surface area contributed by atoms with Crippen LogP contribution in [-0.4, -0.2) is 33.5 Å². The van der Waals surface area contributed by atoms with Gasteiger partial charge in [0, 0.05) is 17.2 Å². The lowest BCUT2D eigenvalue weighted by atomic mass is 9.95. The number of esters is 1. The number of halogens is 1. The van der Waals surface area contributed by atoms with Gasteiger partial charge in [-0.1, -0.05) is 29.5 Å². The van der Waals surface area contributed by atoms with Gasteiger partial charge < -0.3 is 19.7 Å². The number of para-hydroxylation sites is 1. The van der Waals surface area contributed by atoms with Crippen molar-refractivity contribution in [3.8, 4) is 17.2 Å². The highest BCUT2D eigenvalue weighted by molar-refractivity contribution is 9.10. The maximum Gasteiger partial charge on any atom is 0.338 e. The Balaban J connectivity index is 2.00. The fourth-order valence-corrected chi connectivity index (χ4v) is 5.38. The summed E-state index contributed by atoms with van der Waals surface area (Å²) in [5, 5.41) is 20.1. The van der Waals surface area contributed by atoms with Crippen LogP contribution in [0.1, 0.15) is 44.9 Å². The molecular weight excluding hydrogens is 548 g/mol. The third kappa shape index (κ3) is 4.83. The number of benzene rings is 2. The van der Waals surface area contributed by atoms with E-state index in [0.717, 1.165) is 11.3 Å². The minimum atomic E-state index is -0.822. The number of allylic oxidation sites excluding steroid dienone is 1. The lowest BCUT2D eigenvalue weighted by Gasteiger charge is -2.26. The predicted molar refractivity (Wildman–Crippen MR) is 140 cm³/mol. The van der Waals surface area contributed by atoms with Crippen molar-refractivity contribution in [3.63, 3.8) is 0 Å². The molecular formula is C26H25BrN2O6S. The van der Waals surface area contributed by atoms with Gasteiger partial charge in [0.1, 0.15) is 23.3 Å². The first-order chi connectivity index (χ1) is 17.1. The summed E-state index contributed by atoms with van der Waals surface area (Å²) in [4.78, 5) is 31.8. The molecule has 1 atom stereocenters. The third-order valence-corrected chi connectivity index (χ3v) is 7.09. The van der Waals surface area contributed by atoms with Crippen molar-refractivity contribution in [2.24, 2.45) is 4.99 Å². The van der Waals surface area contributed by atoms with Crippen LogP contribution in [0.2, 0.25) is 0 Å². The lowest BCUT2D eigenvalue weighted by molar-refractivity contribution is -0.139. The third-order valence-electron chi connectivity index (χ3n) is 5.48. The van der Waals surface area contributed by atoms with Crippen LogP contribution in [0.15, 0.2) is 61.9 Å². The quantitative estimate of drug-likeness (QED) is 0.435. The minimum Gasteiger partial charge on any atom is -0.507 e. The maximum atomic E-state index is 13.8. The zero-order valence-corrected chi connectivity index (χ0v) is 22.5. The van der Waals surface area contributed by atoms with Crippen LogP contribution in [0.5, 0.6) is 17.2 Å². The summed E-state index contributed by atoms with van der Waals surface area (Å²) in [5.74, 6) is -0.319. The molecule has 1 aromatic heterocycles. The number of phenolic OH excluding ortho intramolecular Hbond substituents is 2. The van der Waals surface area contributed by atoms with E-state index in [1.165, 1.54) is 22.8 Å². The molecule has 1 aliphatic heterocycles. The first-order valence-electron chi connectivity index (χ1n) is 11.3. The van der Waals surface area contributed by atoms with Crippen LogP contribution in [-0.2, 0) is 9.53 Å². The Hall–Kier alpha value is -3.37. The smallest absolute Gasteiger partial charge is 0.338 e. The van der Waals surface area contributed by atoms with E-state index >= 15 is 0 Å². The summed E-state index contributed by atoms with van der Waals surface area (Å²) in [6.07, 6.45) is 1.40. The summed E-state index contributed by atoms with van der Waals surface area (Å²) < 4.78 is 13.5. The van der Waals surface area contributed by atoms with Crippen LogP contribution < -0.4 is 19.6 Å². The van der Waals surface area contributed by atoms with E-state index in [1.807, 2.05) is 32.0 Å². The number of phenols is 2. The largest absolute Gasteiger partial charge is 0.507 e. The summed E-state index contributed by atoms with van der Waals surface area (Å²) in [7, 11) is 0. The second kappa shape index (κ2) is 10.3. The number of aromatic nitrogens is 1. The molecule has 0 saturated heterocycles. The molecule has 0 radical (unpaired) electrons. The number of nitrogens with zero attached hydrogens (tertiary/aromatic N) is 2. The first-order valence-corrected chi connectivity index (χ1v) is 12.9. The van der Waals surface area contributed by atoms with E-state index < -0.39 is 12.0 Å². The molecule has 0 fully saturated rings. The average molecular weight is 573 g/mol. The number of carbonyl (C=O) groups is 1. The summed E-state index contributed by atoms with van der Waals surface area (Å²) in [6, 6.07) is 9.16. The second-order valence-electron chi connectivity index (χ2n) is 8.37. The van der Waals surface area contributed by atoms with Crippen molar-refractivity contribution in [1.29, 1.82) is 0 Å². The van der Waals surface area contributed by atoms with E-state index in [0.29, 0.717) is 36.4 Å². The van der Waals surface area contributed by atoms with Crippen molar-refractivity contribution in [3.05, 3.63) is 83.0 Å². The van der Waals surface area contributed by atoms with Crippen molar-refractivity contribution < 1.29 is 24.5 Å². The summed E-state index contributed by atoms with van der Waals surface area (Å²) in [5.41, 5.74) is 1.28. The fourth-order valence-electron chi connectivity index (χ4n) is 3.98. The Morgan fingerprint density at radius 1 is 1.25 bits per heavy atom. The molecule has 188 valence electrons. The topological polar surface area (TPSA) is 110 Å². The van der Waals surface area contributed by atoms with Gasteiger partial charge in [-0.2, -0.15) is 0 Å². The molecule has 0 saturated carbocycles. The SMILES string of the molecule is CCOC(=O)C1=C(C)N=c2s/c(=C/c3cc(Br)c(O)cc3O)c(=O)n2[C@@H]1c1ccccc1OC(C)C. The van der Waals surface area contributed by atoms with Crippen molar-refractivity contribution >= 4 is 39.3 Å². The van der Waals surface area contributed by atoms with Gasteiger partial charge in [-0.05, 0) is 61.8 Å². The first kappa shape index (κ1) is 25.7. The second-order valence-corrected chi connectivity index (χ2v) is 10.2. The van der Waals surface area contributed by atoms with Gasteiger partial charge in [0.25, 0.3) is 5.56 Å². The van der Waals surface area contributed by atoms with Gasteiger partial charge in [0.05, 0.1) is 33.0 Å². The Labute approximate surface area is 219 Å². The van der Waals surface area contributed by atoms with E-state index in [4.69, 9.17) is 9.47 Å². The average Bonchev–Trinajstić information content (AvgIpc) is 3.11. The molecule has 0 amide bonds. The molecule has 10 heteroatoms. The number of ether oxygens (including phenoxy) is 2. The number of hydrogen-bond acceptors (Lipinski definition) is 8. The molecule has 0 bridgehead atoms. The standard InChI is InChI=1S/C26H25BrN2O6S/c1-5-34-25(33)22-14(4)28-26-29(23(22)16-8-6-7-9-20(16)35-13(2)3)24(32)21(36-26)11-15-10-17(27)19(31)12-18(15)30/h6-13,23,30-31H,5H2,1-4H3/b21-11+/t23-/m1/s1.